The maximum Gasteiger partial charge on any atom is 0.408 e. The van der Waals surface area contributed by atoms with Crippen LogP contribution in [0.1, 0.15) is 10.4 Å². The van der Waals surface area contributed by atoms with Gasteiger partial charge in [0, 0.05) is 22.8 Å². The van der Waals surface area contributed by atoms with Gasteiger partial charge in [-0.25, -0.2) is 5.10 Å². The normalized spacial score (nSPS) is 11.6. The highest BCUT2D eigenvalue weighted by atomic mass is 19.4. The molecule has 2 aromatic heterocycles. The predicted molar refractivity (Wildman–Crippen MR) is 104 cm³/mol. The van der Waals surface area contributed by atoms with Gasteiger partial charge < -0.3 is 5.32 Å². The second kappa shape index (κ2) is 7.47. The number of nitrogens with one attached hydrogen (secondary N) is 2. The number of carbonyl (C=O) groups is 1. The van der Waals surface area contributed by atoms with Crippen LogP contribution in [-0.2, 0) is 6.54 Å². The highest BCUT2D eigenvalue weighted by molar-refractivity contribution is 6.04. The zero-order chi connectivity index (χ0) is 21.3. The van der Waals surface area contributed by atoms with Crippen LogP contribution in [0.5, 0.6) is 0 Å². The van der Waals surface area contributed by atoms with Crippen LogP contribution in [0.25, 0.3) is 22.0 Å². The van der Waals surface area contributed by atoms with E-state index in [4.69, 9.17) is 0 Å². The van der Waals surface area contributed by atoms with Crippen molar-refractivity contribution in [1.82, 2.24) is 20.0 Å². The number of aromatic nitrogens is 4. The molecule has 10 heteroatoms. The summed E-state index contributed by atoms with van der Waals surface area (Å²) in [6.07, 6.45) is -2.31. The topological polar surface area (TPSA) is 92.7 Å². The number of alkyl halides is 3. The number of halogens is 3. The summed E-state index contributed by atoms with van der Waals surface area (Å²) in [6, 6.07) is 13.8. The lowest BCUT2D eigenvalue weighted by atomic mass is 10.0. The van der Waals surface area contributed by atoms with Crippen LogP contribution in [0.3, 0.4) is 0 Å². The minimum Gasteiger partial charge on any atom is -0.322 e. The summed E-state index contributed by atoms with van der Waals surface area (Å²) in [5.74, 6) is -0.580. The highest BCUT2D eigenvalue weighted by Gasteiger charge is 2.28. The number of anilines is 1. The monoisotopic (exact) mass is 413 g/mol. The van der Waals surface area contributed by atoms with Crippen LogP contribution >= 0.6 is 0 Å². The zero-order valence-corrected chi connectivity index (χ0v) is 15.3. The fraction of sp³-hybridized carbons (Fsp3) is 0.100. The van der Waals surface area contributed by atoms with Gasteiger partial charge in [0.2, 0.25) is 0 Å². The first kappa shape index (κ1) is 19.4. The van der Waals surface area contributed by atoms with E-state index in [0.717, 1.165) is 18.0 Å². The van der Waals surface area contributed by atoms with Crippen molar-refractivity contribution in [3.63, 3.8) is 0 Å². The third-order valence-electron chi connectivity index (χ3n) is 4.35. The maximum absolute atomic E-state index is 12.4. The Morgan fingerprint density at radius 2 is 1.77 bits per heavy atom. The van der Waals surface area contributed by atoms with Gasteiger partial charge in [-0.1, -0.05) is 30.3 Å². The molecule has 0 aliphatic carbocycles. The van der Waals surface area contributed by atoms with Crippen molar-refractivity contribution in [2.75, 3.05) is 5.32 Å². The van der Waals surface area contributed by atoms with Gasteiger partial charge in [0.05, 0.1) is 22.8 Å². The van der Waals surface area contributed by atoms with E-state index in [1.165, 1.54) is 0 Å². The van der Waals surface area contributed by atoms with Crippen molar-refractivity contribution in [3.8, 4) is 11.3 Å². The molecule has 2 heterocycles. The van der Waals surface area contributed by atoms with Gasteiger partial charge in [-0.3, -0.25) is 14.3 Å². The fourth-order valence-corrected chi connectivity index (χ4v) is 3.00. The molecule has 0 bridgehead atoms. The van der Waals surface area contributed by atoms with E-state index in [9.17, 15) is 22.8 Å². The largest absolute Gasteiger partial charge is 0.408 e. The van der Waals surface area contributed by atoms with E-state index in [2.05, 4.69) is 20.6 Å². The summed E-state index contributed by atoms with van der Waals surface area (Å²) in [7, 11) is 0. The molecule has 0 fully saturated rings. The minimum absolute atomic E-state index is 0.0108. The van der Waals surface area contributed by atoms with Crippen LogP contribution in [0.2, 0.25) is 0 Å². The lowest BCUT2D eigenvalue weighted by molar-refractivity contribution is -0.142. The SMILES string of the molecule is O=C(Nc1ccc(-c2n[nH]c(=O)c3ccccc23)cc1)c1cnn(CC(F)(F)F)c1. The first-order valence-electron chi connectivity index (χ1n) is 8.78. The average Bonchev–Trinajstić information content (AvgIpc) is 3.16. The molecule has 0 aliphatic heterocycles. The Morgan fingerprint density at radius 3 is 2.47 bits per heavy atom. The van der Waals surface area contributed by atoms with E-state index in [1.54, 1.807) is 48.5 Å². The molecule has 152 valence electrons. The molecule has 0 atom stereocenters. The van der Waals surface area contributed by atoms with E-state index >= 15 is 0 Å². The van der Waals surface area contributed by atoms with Crippen molar-refractivity contribution >= 4 is 22.4 Å². The number of rotatable bonds is 4. The Kier molecular flexibility index (Phi) is 4.82. The number of H-pyrrole nitrogens is 1. The molecule has 4 aromatic rings. The molecule has 0 radical (unpaired) electrons. The quantitative estimate of drug-likeness (QED) is 0.535. The van der Waals surface area contributed by atoms with Crippen LogP contribution in [0.15, 0.2) is 65.7 Å². The summed E-state index contributed by atoms with van der Waals surface area (Å²) in [6.45, 7) is -1.27. The van der Waals surface area contributed by atoms with Gasteiger partial charge >= 0.3 is 6.18 Å². The van der Waals surface area contributed by atoms with Crippen molar-refractivity contribution in [2.24, 2.45) is 0 Å². The van der Waals surface area contributed by atoms with Crippen LogP contribution in [0, 0.1) is 0 Å². The number of fused-ring (bicyclic) bond motifs is 1. The van der Waals surface area contributed by atoms with Crippen LogP contribution < -0.4 is 10.9 Å². The van der Waals surface area contributed by atoms with E-state index in [0.29, 0.717) is 26.8 Å². The molecule has 0 unspecified atom stereocenters. The Morgan fingerprint density at radius 1 is 1.07 bits per heavy atom. The van der Waals surface area contributed by atoms with Gasteiger partial charge in [-0.2, -0.15) is 23.4 Å². The molecule has 2 N–H and O–H groups in total. The number of amides is 1. The summed E-state index contributed by atoms with van der Waals surface area (Å²) < 4.78 is 37.9. The second-order valence-corrected chi connectivity index (χ2v) is 6.52. The van der Waals surface area contributed by atoms with Gasteiger partial charge in [-0.15, -0.1) is 0 Å². The molecule has 0 saturated carbocycles. The van der Waals surface area contributed by atoms with Gasteiger partial charge in [0.25, 0.3) is 11.5 Å². The molecule has 7 nitrogen and oxygen atoms in total. The summed E-state index contributed by atoms with van der Waals surface area (Å²) in [5, 5.41) is 13.9. The van der Waals surface area contributed by atoms with Crippen molar-refractivity contribution < 1.29 is 18.0 Å². The molecule has 1 amide bonds. The molecule has 0 spiro atoms. The Balaban J connectivity index is 1.53. The Hall–Kier alpha value is -3.95. The number of carbonyl (C=O) groups excluding carboxylic acids is 1. The zero-order valence-electron chi connectivity index (χ0n) is 15.3. The molecular weight excluding hydrogens is 399 g/mol. The van der Waals surface area contributed by atoms with Crippen molar-refractivity contribution in [2.45, 2.75) is 12.7 Å². The number of nitrogens with zero attached hydrogens (tertiary/aromatic N) is 3. The van der Waals surface area contributed by atoms with Gasteiger partial charge in [0.15, 0.2) is 0 Å². The average molecular weight is 413 g/mol. The van der Waals surface area contributed by atoms with E-state index < -0.39 is 18.6 Å². The van der Waals surface area contributed by atoms with Crippen molar-refractivity contribution in [1.29, 1.82) is 0 Å². The lowest BCUT2D eigenvalue weighted by Gasteiger charge is -2.07. The first-order chi connectivity index (χ1) is 14.3. The number of hydrogen-bond acceptors (Lipinski definition) is 4. The molecule has 0 saturated heterocycles. The third-order valence-corrected chi connectivity index (χ3v) is 4.35. The van der Waals surface area contributed by atoms with Crippen molar-refractivity contribution in [3.05, 3.63) is 76.8 Å². The van der Waals surface area contributed by atoms with Gasteiger partial charge in [-0.05, 0) is 18.2 Å². The third kappa shape index (κ3) is 4.07. The number of aromatic amines is 1. The van der Waals surface area contributed by atoms with Crippen LogP contribution in [-0.4, -0.2) is 32.1 Å². The summed E-state index contributed by atoms with van der Waals surface area (Å²) in [5.41, 5.74) is 1.47. The maximum atomic E-state index is 12.4. The smallest absolute Gasteiger partial charge is 0.322 e. The van der Waals surface area contributed by atoms with E-state index in [-0.39, 0.29) is 11.1 Å². The fourth-order valence-electron chi connectivity index (χ4n) is 3.00. The Bertz CT molecular complexity index is 1280. The molecule has 0 aliphatic rings. The van der Waals surface area contributed by atoms with E-state index in [1.807, 2.05) is 0 Å². The lowest BCUT2D eigenvalue weighted by Crippen LogP contribution is -2.18. The second-order valence-electron chi connectivity index (χ2n) is 6.52. The van der Waals surface area contributed by atoms with Gasteiger partial charge in [0.1, 0.15) is 6.54 Å². The summed E-state index contributed by atoms with van der Waals surface area (Å²) in [4.78, 5) is 24.2. The number of hydrogen-bond donors (Lipinski definition) is 2. The number of benzene rings is 2. The first-order valence-corrected chi connectivity index (χ1v) is 8.78. The molecule has 30 heavy (non-hydrogen) atoms. The standard InChI is InChI=1S/C20H14F3N5O2/c21-20(22,23)11-28-10-13(9-24-28)18(29)25-14-7-5-12(6-8-14)17-15-3-1-2-4-16(15)19(30)27-26-17/h1-10H,11H2,(H,25,29)(H,27,30). The summed E-state index contributed by atoms with van der Waals surface area (Å²) >= 11 is 0. The minimum atomic E-state index is -4.42. The molecular formula is C20H14F3N5O2. The molecule has 2 aromatic carbocycles. The Labute approximate surface area is 167 Å². The highest BCUT2D eigenvalue weighted by Crippen LogP contribution is 2.25. The van der Waals surface area contributed by atoms with Crippen LogP contribution in [0.4, 0.5) is 18.9 Å². The predicted octanol–water partition coefficient (Wildman–Crippen LogP) is 3.60. The molecule has 4 rings (SSSR count).